The molecule has 160 valence electrons. The number of halogens is 1. The lowest BCUT2D eigenvalue weighted by molar-refractivity contribution is -0.165. The van der Waals surface area contributed by atoms with Gasteiger partial charge in [-0.3, -0.25) is 4.79 Å². The van der Waals surface area contributed by atoms with Crippen LogP contribution < -0.4 is 14.2 Å². The molecule has 1 heterocycles. The number of aryl methyl sites for hydroxylation is 1. The second-order valence-electron chi connectivity index (χ2n) is 7.46. The molecule has 1 amide bonds. The van der Waals surface area contributed by atoms with Crippen molar-refractivity contribution in [1.82, 2.24) is 4.90 Å². The normalized spacial score (nSPS) is 17.8. The van der Waals surface area contributed by atoms with Gasteiger partial charge in [-0.2, -0.15) is 0 Å². The summed E-state index contributed by atoms with van der Waals surface area (Å²) >= 11 is 0. The molecule has 5 nitrogen and oxygen atoms in total. The molecule has 0 bridgehead atoms. The number of amides is 1. The van der Waals surface area contributed by atoms with Gasteiger partial charge in [0.25, 0.3) is 5.91 Å². The predicted molar refractivity (Wildman–Crippen MR) is 115 cm³/mol. The van der Waals surface area contributed by atoms with Crippen molar-refractivity contribution in [2.45, 2.75) is 25.6 Å². The number of nitrogens with zero attached hydrogens (tertiary/aromatic N) is 1. The summed E-state index contributed by atoms with van der Waals surface area (Å²) in [6.07, 6.45) is -0.667. The van der Waals surface area contributed by atoms with Crippen LogP contribution >= 0.6 is 0 Å². The maximum atomic E-state index is 13.3. The van der Waals surface area contributed by atoms with Crippen molar-refractivity contribution in [3.63, 3.8) is 0 Å². The number of para-hydroxylation sites is 1. The second kappa shape index (κ2) is 8.68. The summed E-state index contributed by atoms with van der Waals surface area (Å²) in [5, 5.41) is 0. The predicted octanol–water partition coefficient (Wildman–Crippen LogP) is 4.68. The minimum Gasteiger partial charge on any atom is -0.493 e. The summed E-state index contributed by atoms with van der Waals surface area (Å²) in [5.74, 6) is 1.44. The van der Waals surface area contributed by atoms with Gasteiger partial charge in [-0.25, -0.2) is 4.39 Å². The van der Waals surface area contributed by atoms with Crippen LogP contribution in [0.3, 0.4) is 0 Å². The van der Waals surface area contributed by atoms with Gasteiger partial charge in [0.15, 0.2) is 11.5 Å². The summed E-state index contributed by atoms with van der Waals surface area (Å²) in [4.78, 5) is 14.8. The fourth-order valence-electron chi connectivity index (χ4n) is 3.81. The first-order chi connectivity index (χ1) is 15.0. The van der Waals surface area contributed by atoms with Crippen molar-refractivity contribution < 1.29 is 23.4 Å². The molecule has 0 N–H and O–H groups in total. The molecule has 0 spiro atoms. The SMILES string of the molecule is COc1ccc([C@H]2[C@@H](Oc3ccccc3C)C(=O)N2Cc2ccc(F)cc2)cc1OC. The molecule has 1 fully saturated rings. The number of carbonyl (C=O) groups is 1. The maximum absolute atomic E-state index is 13.3. The van der Waals surface area contributed by atoms with Gasteiger partial charge in [-0.15, -0.1) is 0 Å². The van der Waals surface area contributed by atoms with E-state index in [1.807, 2.05) is 49.4 Å². The Labute approximate surface area is 181 Å². The lowest BCUT2D eigenvalue weighted by atomic mass is 9.89. The van der Waals surface area contributed by atoms with Gasteiger partial charge in [-0.1, -0.05) is 36.4 Å². The monoisotopic (exact) mass is 421 g/mol. The van der Waals surface area contributed by atoms with Gasteiger partial charge in [0, 0.05) is 6.54 Å². The summed E-state index contributed by atoms with van der Waals surface area (Å²) in [6.45, 7) is 2.30. The third-order valence-corrected chi connectivity index (χ3v) is 5.51. The molecule has 3 aromatic rings. The molecule has 6 heteroatoms. The quantitative estimate of drug-likeness (QED) is 0.520. The van der Waals surface area contributed by atoms with Crippen LogP contribution in [-0.2, 0) is 11.3 Å². The van der Waals surface area contributed by atoms with Crippen LogP contribution in [-0.4, -0.2) is 31.1 Å². The van der Waals surface area contributed by atoms with E-state index in [1.165, 1.54) is 12.1 Å². The summed E-state index contributed by atoms with van der Waals surface area (Å²) in [5.41, 5.74) is 2.67. The van der Waals surface area contributed by atoms with Crippen molar-refractivity contribution in [3.8, 4) is 17.2 Å². The smallest absolute Gasteiger partial charge is 0.267 e. The molecular weight excluding hydrogens is 397 g/mol. The molecule has 31 heavy (non-hydrogen) atoms. The Morgan fingerprint density at radius 2 is 1.61 bits per heavy atom. The van der Waals surface area contributed by atoms with E-state index >= 15 is 0 Å². The highest BCUT2D eigenvalue weighted by Crippen LogP contribution is 2.42. The largest absolute Gasteiger partial charge is 0.493 e. The van der Waals surface area contributed by atoms with E-state index in [1.54, 1.807) is 31.3 Å². The molecule has 0 aromatic heterocycles. The zero-order valence-corrected chi connectivity index (χ0v) is 17.7. The first-order valence-corrected chi connectivity index (χ1v) is 10.0. The van der Waals surface area contributed by atoms with Gasteiger partial charge >= 0.3 is 0 Å². The second-order valence-corrected chi connectivity index (χ2v) is 7.46. The molecule has 1 aliphatic heterocycles. The van der Waals surface area contributed by atoms with Crippen molar-refractivity contribution in [2.24, 2.45) is 0 Å². The molecule has 1 saturated heterocycles. The van der Waals surface area contributed by atoms with Crippen LogP contribution in [0.1, 0.15) is 22.7 Å². The van der Waals surface area contributed by atoms with E-state index < -0.39 is 6.10 Å². The van der Waals surface area contributed by atoms with Gasteiger partial charge in [-0.05, 0) is 53.9 Å². The first kappa shape index (κ1) is 20.7. The van der Waals surface area contributed by atoms with E-state index in [0.29, 0.717) is 23.8 Å². The van der Waals surface area contributed by atoms with Crippen molar-refractivity contribution in [3.05, 3.63) is 89.2 Å². The highest BCUT2D eigenvalue weighted by Gasteiger charge is 2.50. The summed E-state index contributed by atoms with van der Waals surface area (Å²) in [6, 6.07) is 19.0. The zero-order valence-electron chi connectivity index (χ0n) is 17.7. The summed E-state index contributed by atoms with van der Waals surface area (Å²) < 4.78 is 30.3. The number of methoxy groups -OCH3 is 2. The van der Waals surface area contributed by atoms with Crippen molar-refractivity contribution in [2.75, 3.05) is 14.2 Å². The molecule has 4 rings (SSSR count). The fourth-order valence-corrected chi connectivity index (χ4v) is 3.81. The number of benzene rings is 3. The van der Waals surface area contributed by atoms with Crippen LogP contribution in [0.15, 0.2) is 66.7 Å². The Balaban J connectivity index is 1.67. The van der Waals surface area contributed by atoms with E-state index in [9.17, 15) is 9.18 Å². The molecule has 0 unspecified atom stereocenters. The minimum atomic E-state index is -0.667. The molecule has 0 aliphatic carbocycles. The Kier molecular flexibility index (Phi) is 5.80. The van der Waals surface area contributed by atoms with Gasteiger partial charge in [0.1, 0.15) is 17.6 Å². The molecule has 3 aromatic carbocycles. The molecule has 0 saturated carbocycles. The van der Waals surface area contributed by atoms with Gasteiger partial charge < -0.3 is 19.1 Å². The third kappa shape index (κ3) is 4.06. The van der Waals surface area contributed by atoms with Gasteiger partial charge in [0.2, 0.25) is 6.10 Å². The number of β-lactam (4-membered cyclic amide) rings is 1. The Hall–Kier alpha value is -3.54. The standard InChI is InChI=1S/C25H24FNO4/c1-16-6-4-5-7-20(16)31-24-23(18-10-13-21(29-2)22(14-18)30-3)27(25(24)28)15-17-8-11-19(26)12-9-17/h4-14,23-24H,15H2,1-3H3/t23-,24+/m0/s1. The number of hydrogen-bond donors (Lipinski definition) is 0. The van der Waals surface area contributed by atoms with Crippen LogP contribution in [0.4, 0.5) is 4.39 Å². The number of hydrogen-bond acceptors (Lipinski definition) is 4. The van der Waals surface area contributed by atoms with Gasteiger partial charge in [0.05, 0.1) is 14.2 Å². The lowest BCUT2D eigenvalue weighted by Gasteiger charge is -2.47. The van der Waals surface area contributed by atoms with Crippen LogP contribution in [0.25, 0.3) is 0 Å². The fraction of sp³-hybridized carbons (Fsp3) is 0.240. The zero-order chi connectivity index (χ0) is 22.0. The van der Waals surface area contributed by atoms with Crippen molar-refractivity contribution in [1.29, 1.82) is 0 Å². The van der Waals surface area contributed by atoms with E-state index in [0.717, 1.165) is 16.7 Å². The number of likely N-dealkylation sites (tertiary alicyclic amines) is 1. The number of carbonyl (C=O) groups excluding carboxylic acids is 1. The molecule has 2 atom stereocenters. The highest BCUT2D eigenvalue weighted by molar-refractivity contribution is 5.89. The first-order valence-electron chi connectivity index (χ1n) is 10.0. The highest BCUT2D eigenvalue weighted by atomic mass is 19.1. The summed E-state index contributed by atoms with van der Waals surface area (Å²) in [7, 11) is 3.15. The van der Waals surface area contributed by atoms with Crippen LogP contribution in [0.2, 0.25) is 0 Å². The minimum absolute atomic E-state index is 0.118. The topological polar surface area (TPSA) is 48.0 Å². The molecule has 0 radical (unpaired) electrons. The lowest BCUT2D eigenvalue weighted by Crippen LogP contribution is -2.60. The molecular formula is C25H24FNO4. The van der Waals surface area contributed by atoms with Crippen LogP contribution in [0, 0.1) is 12.7 Å². The van der Waals surface area contributed by atoms with E-state index in [-0.39, 0.29) is 17.8 Å². The van der Waals surface area contributed by atoms with E-state index in [2.05, 4.69) is 0 Å². The van der Waals surface area contributed by atoms with Crippen LogP contribution in [0.5, 0.6) is 17.2 Å². The average Bonchev–Trinajstić information content (AvgIpc) is 2.79. The average molecular weight is 421 g/mol. The third-order valence-electron chi connectivity index (χ3n) is 5.51. The number of ether oxygens (including phenoxy) is 3. The van der Waals surface area contributed by atoms with E-state index in [4.69, 9.17) is 14.2 Å². The Bertz CT molecular complexity index is 1080. The Morgan fingerprint density at radius 1 is 0.903 bits per heavy atom. The Morgan fingerprint density at radius 3 is 2.29 bits per heavy atom. The molecule has 1 aliphatic rings. The number of rotatable bonds is 7. The van der Waals surface area contributed by atoms with Crippen molar-refractivity contribution >= 4 is 5.91 Å². The maximum Gasteiger partial charge on any atom is 0.267 e.